The predicted octanol–water partition coefficient (Wildman–Crippen LogP) is 2.37. The third-order valence-electron chi connectivity index (χ3n) is 4.55. The highest BCUT2D eigenvalue weighted by Gasteiger charge is 2.30. The number of fused-ring (bicyclic) bond motifs is 2. The first-order valence-electron chi connectivity index (χ1n) is 8.22. The summed E-state index contributed by atoms with van der Waals surface area (Å²) in [5, 5.41) is 0. The molecule has 2 aliphatic heterocycles. The number of nitrogens with one attached hydrogen (secondary N) is 1. The lowest BCUT2D eigenvalue weighted by Crippen LogP contribution is -2.16. The van der Waals surface area contributed by atoms with Gasteiger partial charge in [-0.3, -0.25) is 4.72 Å². The second kappa shape index (κ2) is 6.28. The Labute approximate surface area is 151 Å². The van der Waals surface area contributed by atoms with E-state index in [1.54, 1.807) is 6.07 Å². The SMILES string of the molecule is COc1ccc(S(=O)(=O)Nc2c3c(cc4c2OCC4)OCC3)c(OC)c1. The molecule has 0 aromatic heterocycles. The molecule has 2 heterocycles. The molecule has 1 N–H and O–H groups in total. The van der Waals surface area contributed by atoms with E-state index in [1.807, 2.05) is 6.07 Å². The molecule has 8 heteroatoms. The zero-order chi connectivity index (χ0) is 18.3. The average molecular weight is 377 g/mol. The molecule has 2 aromatic carbocycles. The standard InChI is InChI=1S/C18H19NO6S/c1-22-12-3-4-16(15(10-12)23-2)26(20,21)19-17-13-6-8-24-14(13)9-11-5-7-25-18(11)17/h3-4,9-10,19H,5-8H2,1-2H3. The third-order valence-corrected chi connectivity index (χ3v) is 5.94. The van der Waals surface area contributed by atoms with Gasteiger partial charge in [-0.15, -0.1) is 0 Å². The normalized spacial score (nSPS) is 14.8. The zero-order valence-corrected chi connectivity index (χ0v) is 15.3. The molecular formula is C18H19NO6S. The van der Waals surface area contributed by atoms with Crippen molar-refractivity contribution >= 4 is 15.7 Å². The summed E-state index contributed by atoms with van der Waals surface area (Å²) in [5.74, 6) is 2.02. The summed E-state index contributed by atoms with van der Waals surface area (Å²) in [6.45, 7) is 1.05. The Morgan fingerprint density at radius 2 is 1.85 bits per heavy atom. The summed E-state index contributed by atoms with van der Waals surface area (Å²) in [5.41, 5.74) is 2.23. The van der Waals surface area contributed by atoms with Crippen molar-refractivity contribution in [1.29, 1.82) is 0 Å². The Morgan fingerprint density at radius 3 is 2.62 bits per heavy atom. The molecule has 0 aliphatic carbocycles. The molecule has 26 heavy (non-hydrogen) atoms. The van der Waals surface area contributed by atoms with Crippen LogP contribution in [0.3, 0.4) is 0 Å². The fraction of sp³-hybridized carbons (Fsp3) is 0.333. The molecule has 0 atom stereocenters. The van der Waals surface area contributed by atoms with Crippen LogP contribution in [0.5, 0.6) is 23.0 Å². The van der Waals surface area contributed by atoms with Gasteiger partial charge in [0.15, 0.2) is 0 Å². The smallest absolute Gasteiger partial charge is 0.265 e. The number of anilines is 1. The number of hydrogen-bond donors (Lipinski definition) is 1. The van der Waals surface area contributed by atoms with E-state index < -0.39 is 10.0 Å². The summed E-state index contributed by atoms with van der Waals surface area (Å²) in [7, 11) is -0.962. The van der Waals surface area contributed by atoms with Crippen molar-refractivity contribution < 1.29 is 27.4 Å². The van der Waals surface area contributed by atoms with Gasteiger partial charge in [-0.1, -0.05) is 0 Å². The topological polar surface area (TPSA) is 83.1 Å². The maximum absolute atomic E-state index is 13.1. The van der Waals surface area contributed by atoms with Gasteiger partial charge in [0, 0.05) is 30.0 Å². The number of benzene rings is 2. The summed E-state index contributed by atoms with van der Waals surface area (Å²) in [6.07, 6.45) is 1.36. The number of sulfonamides is 1. The molecule has 0 radical (unpaired) electrons. The number of methoxy groups -OCH3 is 2. The maximum Gasteiger partial charge on any atom is 0.265 e. The lowest BCUT2D eigenvalue weighted by Gasteiger charge is -2.16. The first-order valence-corrected chi connectivity index (χ1v) is 9.71. The molecule has 7 nitrogen and oxygen atoms in total. The van der Waals surface area contributed by atoms with Crippen LogP contribution in [0, 0.1) is 0 Å². The van der Waals surface area contributed by atoms with Crippen LogP contribution in [-0.4, -0.2) is 35.9 Å². The van der Waals surface area contributed by atoms with Crippen molar-refractivity contribution in [2.45, 2.75) is 17.7 Å². The molecular weight excluding hydrogens is 358 g/mol. The van der Waals surface area contributed by atoms with Crippen molar-refractivity contribution in [3.63, 3.8) is 0 Å². The molecule has 4 rings (SSSR count). The number of ether oxygens (including phenoxy) is 4. The highest BCUT2D eigenvalue weighted by Crippen LogP contribution is 2.45. The largest absolute Gasteiger partial charge is 0.497 e. The molecule has 0 amide bonds. The van der Waals surface area contributed by atoms with E-state index in [-0.39, 0.29) is 10.6 Å². The second-order valence-electron chi connectivity index (χ2n) is 6.04. The van der Waals surface area contributed by atoms with E-state index in [1.165, 1.54) is 26.4 Å². The molecule has 2 aliphatic rings. The summed E-state index contributed by atoms with van der Waals surface area (Å²) in [6, 6.07) is 6.52. The Bertz CT molecular complexity index is 938. The van der Waals surface area contributed by atoms with E-state index in [0.29, 0.717) is 42.6 Å². The van der Waals surface area contributed by atoms with Crippen molar-refractivity contribution in [2.75, 3.05) is 32.2 Å². The van der Waals surface area contributed by atoms with Gasteiger partial charge in [-0.2, -0.15) is 0 Å². The Kier molecular flexibility index (Phi) is 4.07. The minimum Gasteiger partial charge on any atom is -0.497 e. The van der Waals surface area contributed by atoms with E-state index >= 15 is 0 Å². The number of rotatable bonds is 5. The first kappa shape index (κ1) is 16.8. The van der Waals surface area contributed by atoms with Gasteiger partial charge in [0.2, 0.25) is 0 Å². The molecule has 0 saturated heterocycles. The van der Waals surface area contributed by atoms with Gasteiger partial charge in [-0.05, 0) is 18.2 Å². The molecule has 0 bridgehead atoms. The zero-order valence-electron chi connectivity index (χ0n) is 14.5. The quantitative estimate of drug-likeness (QED) is 0.861. The van der Waals surface area contributed by atoms with Crippen LogP contribution in [0.25, 0.3) is 0 Å². The van der Waals surface area contributed by atoms with Crippen molar-refractivity contribution in [1.82, 2.24) is 0 Å². The van der Waals surface area contributed by atoms with E-state index in [2.05, 4.69) is 4.72 Å². The molecule has 0 spiro atoms. The fourth-order valence-corrected chi connectivity index (χ4v) is 4.53. The summed E-state index contributed by atoms with van der Waals surface area (Å²) in [4.78, 5) is 0.0315. The maximum atomic E-state index is 13.1. The lowest BCUT2D eigenvalue weighted by molar-refractivity contribution is 0.356. The highest BCUT2D eigenvalue weighted by molar-refractivity contribution is 7.92. The van der Waals surface area contributed by atoms with Crippen LogP contribution in [0.15, 0.2) is 29.2 Å². The van der Waals surface area contributed by atoms with Crippen LogP contribution in [0.4, 0.5) is 5.69 Å². The van der Waals surface area contributed by atoms with Gasteiger partial charge in [0.25, 0.3) is 10.0 Å². The second-order valence-corrected chi connectivity index (χ2v) is 7.69. The first-order chi connectivity index (χ1) is 12.5. The van der Waals surface area contributed by atoms with Crippen LogP contribution in [0.1, 0.15) is 11.1 Å². The predicted molar refractivity (Wildman–Crippen MR) is 95.2 cm³/mol. The van der Waals surface area contributed by atoms with E-state index in [9.17, 15) is 8.42 Å². The van der Waals surface area contributed by atoms with Gasteiger partial charge in [-0.25, -0.2) is 8.42 Å². The van der Waals surface area contributed by atoms with Gasteiger partial charge >= 0.3 is 0 Å². The molecule has 0 saturated carbocycles. The fourth-order valence-electron chi connectivity index (χ4n) is 3.28. The third kappa shape index (κ3) is 2.70. The monoisotopic (exact) mass is 377 g/mol. The molecule has 0 unspecified atom stereocenters. The van der Waals surface area contributed by atoms with Gasteiger partial charge in [0.1, 0.15) is 27.9 Å². The Morgan fingerprint density at radius 1 is 1.04 bits per heavy atom. The molecule has 138 valence electrons. The van der Waals surface area contributed by atoms with E-state index in [0.717, 1.165) is 17.5 Å². The lowest BCUT2D eigenvalue weighted by atomic mass is 10.0. The van der Waals surface area contributed by atoms with Gasteiger partial charge < -0.3 is 18.9 Å². The number of hydrogen-bond acceptors (Lipinski definition) is 6. The minimum atomic E-state index is -3.89. The average Bonchev–Trinajstić information content (AvgIpc) is 3.29. The van der Waals surface area contributed by atoms with Crippen molar-refractivity contribution in [2.24, 2.45) is 0 Å². The van der Waals surface area contributed by atoms with Crippen LogP contribution < -0.4 is 23.7 Å². The van der Waals surface area contributed by atoms with Crippen LogP contribution in [0.2, 0.25) is 0 Å². The van der Waals surface area contributed by atoms with E-state index in [4.69, 9.17) is 18.9 Å². The van der Waals surface area contributed by atoms with Crippen LogP contribution >= 0.6 is 0 Å². The van der Waals surface area contributed by atoms with Crippen molar-refractivity contribution in [3.8, 4) is 23.0 Å². The summed E-state index contributed by atoms with van der Waals surface area (Å²) < 4.78 is 50.5. The molecule has 0 fully saturated rings. The van der Waals surface area contributed by atoms with Gasteiger partial charge in [0.05, 0.1) is 33.1 Å². The van der Waals surface area contributed by atoms with Crippen LogP contribution in [-0.2, 0) is 22.9 Å². The minimum absolute atomic E-state index is 0.0315. The van der Waals surface area contributed by atoms with Crippen molar-refractivity contribution in [3.05, 3.63) is 35.4 Å². The Hall–Kier alpha value is -2.61. The Balaban J connectivity index is 1.79. The molecule has 2 aromatic rings. The summed E-state index contributed by atoms with van der Waals surface area (Å²) >= 11 is 0. The highest BCUT2D eigenvalue weighted by atomic mass is 32.2.